The SMILES string of the molecule is CCOc1cc(C=Nn2c(N)cc(C)cc2=O)ccc1OCC(=O)N(C)C. The molecule has 2 rings (SSSR count). The lowest BCUT2D eigenvalue weighted by molar-refractivity contribution is -0.130. The number of anilines is 1. The average molecular weight is 372 g/mol. The van der Waals surface area contributed by atoms with Gasteiger partial charge in [-0.25, -0.2) is 0 Å². The molecule has 2 N–H and O–H groups in total. The molecule has 0 saturated carbocycles. The van der Waals surface area contributed by atoms with Gasteiger partial charge in [-0.1, -0.05) is 0 Å². The lowest BCUT2D eigenvalue weighted by atomic mass is 10.2. The van der Waals surface area contributed by atoms with Crippen LogP contribution >= 0.6 is 0 Å². The number of nitrogen functional groups attached to an aromatic ring is 1. The van der Waals surface area contributed by atoms with Crippen molar-refractivity contribution < 1.29 is 14.3 Å². The van der Waals surface area contributed by atoms with Crippen LogP contribution in [0.25, 0.3) is 0 Å². The molecule has 144 valence electrons. The second kappa shape index (κ2) is 8.88. The molecule has 0 aliphatic carbocycles. The minimum absolute atomic E-state index is 0.0875. The van der Waals surface area contributed by atoms with Gasteiger partial charge in [0.1, 0.15) is 5.82 Å². The lowest BCUT2D eigenvalue weighted by Crippen LogP contribution is -2.27. The Morgan fingerprint density at radius 3 is 2.59 bits per heavy atom. The third-order valence-corrected chi connectivity index (χ3v) is 3.62. The molecule has 2 aromatic rings. The summed E-state index contributed by atoms with van der Waals surface area (Å²) >= 11 is 0. The van der Waals surface area contributed by atoms with Gasteiger partial charge < -0.3 is 20.1 Å². The first-order valence-electron chi connectivity index (χ1n) is 8.45. The normalized spacial score (nSPS) is 10.8. The van der Waals surface area contributed by atoms with Crippen LogP contribution in [0.3, 0.4) is 0 Å². The maximum Gasteiger partial charge on any atom is 0.273 e. The van der Waals surface area contributed by atoms with E-state index >= 15 is 0 Å². The number of hydrogen-bond donors (Lipinski definition) is 1. The van der Waals surface area contributed by atoms with Crippen LogP contribution in [-0.4, -0.2) is 49.0 Å². The molecular formula is C19H24N4O4. The lowest BCUT2D eigenvalue weighted by Gasteiger charge is -2.14. The summed E-state index contributed by atoms with van der Waals surface area (Å²) < 4.78 is 12.2. The summed E-state index contributed by atoms with van der Waals surface area (Å²) in [5.41, 5.74) is 7.01. The number of carbonyl (C=O) groups is 1. The number of benzene rings is 1. The molecule has 0 unspecified atom stereocenters. The molecule has 0 fully saturated rings. The molecule has 0 bridgehead atoms. The van der Waals surface area contributed by atoms with Crippen molar-refractivity contribution in [2.75, 3.05) is 33.0 Å². The van der Waals surface area contributed by atoms with E-state index in [2.05, 4.69) is 5.10 Å². The third kappa shape index (κ3) is 5.34. The van der Waals surface area contributed by atoms with Crippen molar-refractivity contribution in [1.29, 1.82) is 0 Å². The topological polar surface area (TPSA) is 99.1 Å². The number of ether oxygens (including phenoxy) is 2. The first-order chi connectivity index (χ1) is 12.8. The maximum atomic E-state index is 12.0. The van der Waals surface area contributed by atoms with Gasteiger partial charge in [-0.15, -0.1) is 0 Å². The fourth-order valence-electron chi connectivity index (χ4n) is 2.23. The molecule has 1 aromatic carbocycles. The summed E-state index contributed by atoms with van der Waals surface area (Å²) in [7, 11) is 3.32. The number of nitrogens with two attached hydrogens (primary N) is 1. The Morgan fingerprint density at radius 2 is 1.96 bits per heavy atom. The van der Waals surface area contributed by atoms with Crippen molar-refractivity contribution in [3.05, 3.63) is 51.8 Å². The van der Waals surface area contributed by atoms with E-state index in [1.807, 2.05) is 6.92 Å². The molecule has 0 aliphatic heterocycles. The Kier molecular flexibility index (Phi) is 6.59. The highest BCUT2D eigenvalue weighted by molar-refractivity contribution is 5.81. The third-order valence-electron chi connectivity index (χ3n) is 3.62. The molecule has 1 amide bonds. The molecule has 0 atom stereocenters. The van der Waals surface area contributed by atoms with E-state index in [-0.39, 0.29) is 23.9 Å². The zero-order valence-electron chi connectivity index (χ0n) is 15.9. The van der Waals surface area contributed by atoms with Crippen molar-refractivity contribution >= 4 is 17.9 Å². The van der Waals surface area contributed by atoms with E-state index < -0.39 is 0 Å². The summed E-state index contributed by atoms with van der Waals surface area (Å²) in [5.74, 6) is 1.04. The first kappa shape index (κ1) is 20.0. The standard InChI is InChI=1S/C19H24N4O4/c1-5-26-16-10-14(6-7-15(16)27-12-19(25)22(3)4)11-21-23-17(20)8-13(2)9-18(23)24/h6-11H,5,12,20H2,1-4H3. The molecule has 0 radical (unpaired) electrons. The van der Waals surface area contributed by atoms with E-state index in [0.717, 1.165) is 10.2 Å². The number of pyridine rings is 1. The molecule has 0 aliphatic rings. The number of likely N-dealkylation sites (N-methyl/N-ethyl adjacent to an activating group) is 1. The van der Waals surface area contributed by atoms with Crippen molar-refractivity contribution in [2.24, 2.45) is 5.10 Å². The monoisotopic (exact) mass is 372 g/mol. The van der Waals surface area contributed by atoms with E-state index in [1.165, 1.54) is 17.2 Å². The van der Waals surface area contributed by atoms with Gasteiger partial charge in [0.05, 0.1) is 12.8 Å². The highest BCUT2D eigenvalue weighted by atomic mass is 16.5. The van der Waals surface area contributed by atoms with Crippen molar-refractivity contribution in [2.45, 2.75) is 13.8 Å². The Bertz CT molecular complexity index is 903. The number of carbonyl (C=O) groups excluding carboxylic acids is 1. The minimum atomic E-state index is -0.309. The van der Waals surface area contributed by atoms with Crippen LogP contribution in [0.1, 0.15) is 18.1 Å². The highest BCUT2D eigenvalue weighted by Gasteiger charge is 2.10. The minimum Gasteiger partial charge on any atom is -0.490 e. The van der Waals surface area contributed by atoms with Crippen molar-refractivity contribution in [3.8, 4) is 11.5 Å². The largest absolute Gasteiger partial charge is 0.490 e. The van der Waals surface area contributed by atoms with Crippen molar-refractivity contribution in [1.82, 2.24) is 9.58 Å². The zero-order valence-corrected chi connectivity index (χ0v) is 15.9. The summed E-state index contributed by atoms with van der Waals surface area (Å²) in [6.45, 7) is 3.99. The Morgan fingerprint density at radius 1 is 1.22 bits per heavy atom. The molecule has 0 spiro atoms. The van der Waals surface area contributed by atoms with Crippen LogP contribution in [-0.2, 0) is 4.79 Å². The first-order valence-corrected chi connectivity index (χ1v) is 8.45. The van der Waals surface area contributed by atoms with Crippen LogP contribution in [0.5, 0.6) is 11.5 Å². The van der Waals surface area contributed by atoms with Gasteiger partial charge in [0.15, 0.2) is 18.1 Å². The Hall–Kier alpha value is -3.29. The van der Waals surface area contributed by atoms with Crippen LogP contribution in [0.2, 0.25) is 0 Å². The van der Waals surface area contributed by atoms with Crippen LogP contribution in [0, 0.1) is 6.92 Å². The van der Waals surface area contributed by atoms with Gasteiger partial charge in [-0.3, -0.25) is 9.59 Å². The van der Waals surface area contributed by atoms with Crippen LogP contribution < -0.4 is 20.8 Å². The second-order valence-electron chi connectivity index (χ2n) is 6.07. The molecule has 27 heavy (non-hydrogen) atoms. The van der Waals surface area contributed by atoms with Gasteiger partial charge in [0.2, 0.25) is 0 Å². The quantitative estimate of drug-likeness (QED) is 0.743. The molecular weight excluding hydrogens is 348 g/mol. The number of amides is 1. The summed E-state index contributed by atoms with van der Waals surface area (Å²) in [5, 5.41) is 4.14. The molecule has 1 heterocycles. The number of rotatable bonds is 7. The zero-order chi connectivity index (χ0) is 20.0. The predicted octanol–water partition coefficient (Wildman–Crippen LogP) is 1.49. The van der Waals surface area contributed by atoms with Gasteiger partial charge >= 0.3 is 0 Å². The number of aryl methyl sites for hydroxylation is 1. The van der Waals surface area contributed by atoms with Crippen molar-refractivity contribution in [3.63, 3.8) is 0 Å². The van der Waals surface area contributed by atoms with E-state index in [9.17, 15) is 9.59 Å². The van der Waals surface area contributed by atoms with E-state index in [0.29, 0.717) is 23.7 Å². The van der Waals surface area contributed by atoms with E-state index in [1.54, 1.807) is 45.3 Å². The van der Waals surface area contributed by atoms with Crippen LogP contribution in [0.15, 0.2) is 40.2 Å². The average Bonchev–Trinajstić information content (AvgIpc) is 2.60. The van der Waals surface area contributed by atoms with Gasteiger partial charge in [-0.05, 0) is 49.2 Å². The molecule has 0 saturated heterocycles. The molecule has 1 aromatic heterocycles. The summed E-state index contributed by atoms with van der Waals surface area (Å²) in [4.78, 5) is 25.1. The van der Waals surface area contributed by atoms with E-state index in [4.69, 9.17) is 15.2 Å². The smallest absolute Gasteiger partial charge is 0.273 e. The molecule has 8 nitrogen and oxygen atoms in total. The number of hydrogen-bond acceptors (Lipinski definition) is 6. The highest BCUT2D eigenvalue weighted by Crippen LogP contribution is 2.28. The maximum absolute atomic E-state index is 12.0. The van der Waals surface area contributed by atoms with Crippen LogP contribution in [0.4, 0.5) is 5.82 Å². The Labute approximate surface area is 157 Å². The Balaban J connectivity index is 2.25. The fourth-order valence-corrected chi connectivity index (χ4v) is 2.23. The van der Waals surface area contributed by atoms with Gasteiger partial charge in [0.25, 0.3) is 11.5 Å². The summed E-state index contributed by atoms with van der Waals surface area (Å²) in [6.07, 6.45) is 1.50. The van der Waals surface area contributed by atoms with Gasteiger partial charge in [0, 0.05) is 20.2 Å². The predicted molar refractivity (Wildman–Crippen MR) is 105 cm³/mol. The number of nitrogens with zero attached hydrogens (tertiary/aromatic N) is 3. The second-order valence-corrected chi connectivity index (χ2v) is 6.07. The number of aromatic nitrogens is 1. The molecule has 8 heteroatoms. The summed E-state index contributed by atoms with van der Waals surface area (Å²) in [6, 6.07) is 8.28. The van der Waals surface area contributed by atoms with Gasteiger partial charge in [-0.2, -0.15) is 9.78 Å². The fraction of sp³-hybridized carbons (Fsp3) is 0.316.